The minimum Gasteiger partial charge on any atom is -0.342 e. The highest BCUT2D eigenvalue weighted by Gasteiger charge is 2.11. The Balaban J connectivity index is 0.000000174. The molecule has 79 heavy (non-hydrogen) atoms. The number of hydrogen-bond donors (Lipinski definition) is 6. The monoisotopic (exact) mass is 1120 g/mol. The molecule has 0 aliphatic heterocycles. The third kappa shape index (κ3) is 16.7. The van der Waals surface area contributed by atoms with Crippen molar-refractivity contribution in [2.24, 2.45) is 0 Å². The number of fused-ring (bicyclic) bond motifs is 6. The van der Waals surface area contributed by atoms with Crippen molar-refractivity contribution in [3.8, 4) is 0 Å². The van der Waals surface area contributed by atoms with E-state index < -0.39 is 0 Å². The van der Waals surface area contributed by atoms with Crippen molar-refractivity contribution < 1.29 is 0 Å². The smallest absolute Gasteiger partial charge is 0.177 e. The normalized spacial score (nSPS) is 11.1. The second-order valence-electron chi connectivity index (χ2n) is 21.0. The highest BCUT2D eigenvalue weighted by atomic mass is 35.5. The first-order valence-electron chi connectivity index (χ1n) is 26.3. The first kappa shape index (κ1) is 62.8. The zero-order chi connectivity index (χ0) is 55.7. The van der Waals surface area contributed by atoms with E-state index in [0.717, 1.165) is 106 Å². The first-order chi connectivity index (χ1) is 36.6. The predicted molar refractivity (Wildman–Crippen MR) is 337 cm³/mol. The molecule has 12 rings (SSSR count). The molecule has 0 atom stereocenters. The van der Waals surface area contributed by atoms with E-state index in [1.807, 2.05) is 54.6 Å². The Kier molecular flexibility index (Phi) is 22.4. The Morgan fingerprint density at radius 1 is 0.329 bits per heavy atom. The molecule has 16 heteroatoms. The summed E-state index contributed by atoms with van der Waals surface area (Å²) in [5.74, 6) is 8.81. The minimum atomic E-state index is 0. The molecular formula is C63H80Cl3N13. The van der Waals surface area contributed by atoms with Gasteiger partial charge in [0.1, 0.15) is 34.9 Å². The Bertz CT molecular complexity index is 3450. The van der Waals surface area contributed by atoms with E-state index >= 15 is 0 Å². The topological polar surface area (TPSA) is 185 Å². The molecule has 0 saturated carbocycles. The summed E-state index contributed by atoms with van der Waals surface area (Å²) in [5, 5.41) is 1.84. The molecule has 0 aliphatic carbocycles. The number of benzene rings is 5. The standard InChI is InChI=1S/2C11H14N2.C10H10Cl2N2.C10H11ClN2.C10H12N2.C9H11N3.2CH4/c2*1-7(2)11-12-9-5-4-8(3)6-10(9)13-11;1-5(2)10-13-8-3-6(11)7(12)4-9(8)14-10;1-6(2)10-12-8-4-3-7(11)5-9(8)13-10;1-7(2)10-11-8-5-3-4-6-9(8)12-10;1-6(2)8-11-7-4-3-5-10-9(7)12-8;;/h2*4-7H,1-3H3,(H,12,13);3-5H,1-2H3,(H,13,14);3-6H,1-2H3,(H,12,13);3-7H,1-2H3,(H,11,12);3-6H,1-2H3,(H,10,11,12);2*1H4. The number of nitrogens with zero attached hydrogens (tertiary/aromatic N) is 7. The number of para-hydroxylation sites is 2. The van der Waals surface area contributed by atoms with Crippen LogP contribution in [0.15, 0.2) is 109 Å². The number of rotatable bonds is 6. The van der Waals surface area contributed by atoms with Crippen molar-refractivity contribution in [3.05, 3.63) is 170 Å². The lowest BCUT2D eigenvalue weighted by atomic mass is 10.2. The van der Waals surface area contributed by atoms with E-state index in [9.17, 15) is 0 Å². The van der Waals surface area contributed by atoms with Gasteiger partial charge in [-0.25, -0.2) is 34.9 Å². The molecule has 0 bridgehead atoms. The number of pyridine rings is 1. The Morgan fingerprint density at radius 2 is 0.671 bits per heavy atom. The maximum absolute atomic E-state index is 5.90. The molecule has 0 amide bonds. The van der Waals surface area contributed by atoms with Gasteiger partial charge in [0.05, 0.1) is 70.7 Å². The van der Waals surface area contributed by atoms with Crippen molar-refractivity contribution >= 4 is 101 Å². The number of H-pyrrole nitrogens is 6. The Hall–Kier alpha value is -7.06. The zero-order valence-electron chi connectivity index (χ0n) is 46.6. The van der Waals surface area contributed by atoms with E-state index in [0.29, 0.717) is 45.6 Å². The van der Waals surface area contributed by atoms with Crippen LogP contribution < -0.4 is 0 Å². The van der Waals surface area contributed by atoms with Crippen LogP contribution in [0, 0.1) is 13.8 Å². The minimum absolute atomic E-state index is 0. The van der Waals surface area contributed by atoms with Crippen LogP contribution in [0.2, 0.25) is 15.1 Å². The van der Waals surface area contributed by atoms with Crippen LogP contribution in [0.4, 0.5) is 0 Å². The molecule has 0 saturated heterocycles. The largest absolute Gasteiger partial charge is 0.342 e. The SMILES string of the molecule is C.C.CC(C)c1nc2cc(Cl)c(Cl)cc2[nH]1.CC(C)c1nc2ccc(Cl)cc2[nH]1.CC(C)c1nc2ccccc2[nH]1.CC(C)c1nc2ncccc2[nH]1.Cc1ccc2nc(C(C)C)[nH]c2c1.Cc1ccc2nc(C(C)C)[nH]c2c1. The first-order valence-corrected chi connectivity index (χ1v) is 27.4. The van der Waals surface area contributed by atoms with Gasteiger partial charge in [-0.3, -0.25) is 0 Å². The van der Waals surface area contributed by atoms with Gasteiger partial charge in [0.25, 0.3) is 0 Å². The van der Waals surface area contributed by atoms with Crippen LogP contribution in [-0.4, -0.2) is 64.8 Å². The summed E-state index contributed by atoms with van der Waals surface area (Å²) < 4.78 is 0. The van der Waals surface area contributed by atoms with Gasteiger partial charge < -0.3 is 29.9 Å². The van der Waals surface area contributed by atoms with Gasteiger partial charge in [-0.05, 0) is 104 Å². The molecule has 0 unspecified atom stereocenters. The lowest BCUT2D eigenvalue weighted by Gasteiger charge is -1.95. The van der Waals surface area contributed by atoms with E-state index in [2.05, 4.69) is 198 Å². The molecule has 418 valence electrons. The second-order valence-corrected chi connectivity index (χ2v) is 22.3. The van der Waals surface area contributed by atoms with Crippen molar-refractivity contribution in [3.63, 3.8) is 0 Å². The van der Waals surface area contributed by atoms with Crippen LogP contribution in [0.1, 0.15) is 180 Å². The molecule has 0 radical (unpaired) electrons. The van der Waals surface area contributed by atoms with Gasteiger partial charge in [-0.2, -0.15) is 0 Å². The van der Waals surface area contributed by atoms with Gasteiger partial charge in [-0.1, -0.05) is 157 Å². The fourth-order valence-corrected chi connectivity index (χ4v) is 8.28. The number of imidazole rings is 6. The molecule has 13 nitrogen and oxygen atoms in total. The third-order valence-electron chi connectivity index (χ3n) is 12.3. The molecule has 12 aromatic rings. The second kappa shape index (κ2) is 28.2. The van der Waals surface area contributed by atoms with Crippen molar-refractivity contribution in [2.45, 2.75) is 147 Å². The van der Waals surface area contributed by atoms with Gasteiger partial charge in [0.2, 0.25) is 0 Å². The van der Waals surface area contributed by atoms with Crippen LogP contribution in [0.25, 0.3) is 66.3 Å². The average molecular weight is 1130 g/mol. The fraction of sp³-hybridized carbons (Fsp3) is 0.349. The van der Waals surface area contributed by atoms with Crippen LogP contribution in [0.3, 0.4) is 0 Å². The number of hydrogen-bond acceptors (Lipinski definition) is 7. The molecule has 6 N–H and O–H groups in total. The highest BCUT2D eigenvalue weighted by molar-refractivity contribution is 6.42. The Morgan fingerprint density at radius 3 is 1.11 bits per heavy atom. The van der Waals surface area contributed by atoms with Crippen molar-refractivity contribution in [1.82, 2.24) is 64.8 Å². The molecule has 0 aliphatic rings. The van der Waals surface area contributed by atoms with Gasteiger partial charge in [-0.15, -0.1) is 0 Å². The van der Waals surface area contributed by atoms with Crippen LogP contribution in [-0.2, 0) is 0 Å². The summed E-state index contributed by atoms with van der Waals surface area (Å²) in [6.45, 7) is 29.6. The predicted octanol–water partition coefficient (Wildman–Crippen LogP) is 19.4. The summed E-state index contributed by atoms with van der Waals surface area (Å²) in [4.78, 5) is 50.4. The van der Waals surface area contributed by atoms with Gasteiger partial charge >= 0.3 is 0 Å². The lowest BCUT2D eigenvalue weighted by molar-refractivity contribution is 0.798. The fourth-order valence-electron chi connectivity index (χ4n) is 7.79. The third-order valence-corrected chi connectivity index (χ3v) is 13.2. The number of nitrogens with one attached hydrogen (secondary N) is 6. The summed E-state index contributed by atoms with van der Waals surface area (Å²) >= 11 is 17.6. The Labute approximate surface area is 481 Å². The maximum Gasteiger partial charge on any atom is 0.177 e. The van der Waals surface area contributed by atoms with E-state index in [1.165, 1.54) is 11.1 Å². The molecule has 7 aromatic heterocycles. The summed E-state index contributed by atoms with van der Waals surface area (Å²) in [6.07, 6.45) is 1.76. The number of aromatic nitrogens is 13. The lowest BCUT2D eigenvalue weighted by Crippen LogP contribution is -1.88. The van der Waals surface area contributed by atoms with Gasteiger partial charge in [0.15, 0.2) is 5.65 Å². The van der Waals surface area contributed by atoms with E-state index in [-0.39, 0.29) is 14.9 Å². The van der Waals surface area contributed by atoms with Crippen LogP contribution in [0.5, 0.6) is 0 Å². The quantitative estimate of drug-likeness (QED) is 0.0957. The average Bonchev–Trinajstić information content (AvgIpc) is 4.26. The molecule has 5 aromatic carbocycles. The summed E-state index contributed by atoms with van der Waals surface area (Å²) in [5.41, 5.74) is 14.7. The number of aromatic amines is 6. The maximum atomic E-state index is 5.90. The highest BCUT2D eigenvalue weighted by Crippen LogP contribution is 2.28. The van der Waals surface area contributed by atoms with Crippen molar-refractivity contribution in [1.29, 1.82) is 0 Å². The molecular weight excluding hydrogens is 1050 g/mol. The van der Waals surface area contributed by atoms with Gasteiger partial charge in [0, 0.05) is 46.7 Å². The summed E-state index contributed by atoms with van der Waals surface area (Å²) in [6, 6.07) is 33.8. The zero-order valence-corrected chi connectivity index (χ0v) is 48.9. The van der Waals surface area contributed by atoms with E-state index in [1.54, 1.807) is 18.3 Å². The summed E-state index contributed by atoms with van der Waals surface area (Å²) in [7, 11) is 0. The number of aryl methyl sites for hydroxylation is 2. The van der Waals surface area contributed by atoms with Crippen molar-refractivity contribution in [2.75, 3.05) is 0 Å². The number of halogens is 3. The molecule has 0 fully saturated rings. The molecule has 7 heterocycles. The molecule has 0 spiro atoms. The van der Waals surface area contributed by atoms with Crippen LogP contribution >= 0.6 is 34.8 Å². The van der Waals surface area contributed by atoms with E-state index in [4.69, 9.17) is 34.8 Å².